The molecule has 3 aromatic carbocycles. The van der Waals surface area contributed by atoms with Crippen LogP contribution < -0.4 is 4.74 Å². The minimum atomic E-state index is -1.91. The van der Waals surface area contributed by atoms with Crippen LogP contribution in [0.4, 0.5) is 0 Å². The number of rotatable bonds is 5. The number of ether oxygens (including phenoxy) is 2. The number of para-hydroxylation sites is 1. The third kappa shape index (κ3) is 3.46. The molecule has 0 bridgehead atoms. The van der Waals surface area contributed by atoms with Gasteiger partial charge in [0.05, 0.1) is 18.3 Å². The van der Waals surface area contributed by atoms with Crippen molar-refractivity contribution in [3.05, 3.63) is 113 Å². The average molecular weight is 384 g/mol. The molecule has 3 aromatic rings. The van der Waals surface area contributed by atoms with Crippen molar-refractivity contribution < 1.29 is 19.4 Å². The fourth-order valence-electron chi connectivity index (χ4n) is 3.47. The molecular weight excluding hydrogens is 364 g/mol. The third-order valence-corrected chi connectivity index (χ3v) is 4.85. The second-order valence-corrected chi connectivity index (χ2v) is 6.63. The maximum absolute atomic E-state index is 12.8. The van der Waals surface area contributed by atoms with Gasteiger partial charge in [-0.25, -0.2) is 4.79 Å². The number of cyclic esters (lactones) is 1. The first kappa shape index (κ1) is 18.7. The molecule has 0 aliphatic carbocycles. The monoisotopic (exact) mass is 384 g/mol. The Balaban J connectivity index is 1.94. The van der Waals surface area contributed by atoms with E-state index in [4.69, 9.17) is 9.47 Å². The van der Waals surface area contributed by atoms with Gasteiger partial charge in [-0.15, -0.1) is 0 Å². The van der Waals surface area contributed by atoms with Crippen molar-refractivity contribution in [1.29, 1.82) is 0 Å². The van der Waals surface area contributed by atoms with Gasteiger partial charge in [0.2, 0.25) is 0 Å². The lowest BCUT2D eigenvalue weighted by atomic mass is 9.89. The Morgan fingerprint density at radius 2 is 1.48 bits per heavy atom. The van der Waals surface area contributed by atoms with Crippen LogP contribution >= 0.6 is 0 Å². The smallest absolute Gasteiger partial charge is 0.341 e. The Morgan fingerprint density at radius 1 is 0.862 bits per heavy atom. The summed E-state index contributed by atoms with van der Waals surface area (Å²) in [6.45, 7) is 0. The fourth-order valence-corrected chi connectivity index (χ4v) is 3.47. The van der Waals surface area contributed by atoms with Gasteiger partial charge >= 0.3 is 5.97 Å². The molecule has 0 fully saturated rings. The van der Waals surface area contributed by atoms with Crippen molar-refractivity contribution in [3.63, 3.8) is 0 Å². The van der Waals surface area contributed by atoms with Crippen LogP contribution in [0.3, 0.4) is 0 Å². The number of carbonyl (C=O) groups excluding carboxylic acids is 1. The molecule has 1 N–H and O–H groups in total. The molecule has 0 amide bonds. The molecule has 0 saturated carbocycles. The molecular formula is C25H20O4. The van der Waals surface area contributed by atoms with Crippen LogP contribution in [0.2, 0.25) is 0 Å². The van der Waals surface area contributed by atoms with Crippen molar-refractivity contribution in [2.75, 3.05) is 7.11 Å². The highest BCUT2D eigenvalue weighted by Crippen LogP contribution is 2.47. The lowest BCUT2D eigenvalue weighted by Gasteiger charge is -2.26. The van der Waals surface area contributed by atoms with E-state index in [-0.39, 0.29) is 5.57 Å². The molecule has 4 rings (SSSR count). The summed E-state index contributed by atoms with van der Waals surface area (Å²) in [7, 11) is 1.55. The van der Waals surface area contributed by atoms with Crippen molar-refractivity contribution in [2.24, 2.45) is 0 Å². The number of hydrogen-bond acceptors (Lipinski definition) is 4. The van der Waals surface area contributed by atoms with Crippen LogP contribution in [0.5, 0.6) is 5.75 Å². The normalized spacial score (nSPS) is 18.9. The molecule has 1 unspecified atom stereocenters. The summed E-state index contributed by atoms with van der Waals surface area (Å²) in [6.07, 6.45) is 3.50. The van der Waals surface area contributed by atoms with E-state index in [2.05, 4.69) is 0 Å². The van der Waals surface area contributed by atoms with Crippen molar-refractivity contribution in [3.8, 4) is 5.75 Å². The number of benzene rings is 3. The summed E-state index contributed by atoms with van der Waals surface area (Å²) in [5.41, 5.74) is 2.64. The zero-order valence-corrected chi connectivity index (χ0v) is 15.9. The summed E-state index contributed by atoms with van der Waals surface area (Å²) < 4.78 is 11.0. The quantitative estimate of drug-likeness (QED) is 0.655. The summed E-state index contributed by atoms with van der Waals surface area (Å²) in [5, 5.41) is 11.5. The maximum atomic E-state index is 12.8. The van der Waals surface area contributed by atoms with Crippen LogP contribution in [0, 0.1) is 0 Å². The van der Waals surface area contributed by atoms with Crippen LogP contribution in [-0.4, -0.2) is 18.2 Å². The van der Waals surface area contributed by atoms with Gasteiger partial charge in [0, 0.05) is 11.1 Å². The topological polar surface area (TPSA) is 55.8 Å². The molecule has 1 aliphatic heterocycles. The van der Waals surface area contributed by atoms with E-state index < -0.39 is 11.8 Å². The van der Waals surface area contributed by atoms with E-state index in [1.54, 1.807) is 49.6 Å². The molecule has 1 atom stereocenters. The Kier molecular flexibility index (Phi) is 5.02. The van der Waals surface area contributed by atoms with Gasteiger partial charge in [-0.05, 0) is 17.7 Å². The molecule has 4 nitrogen and oxygen atoms in total. The van der Waals surface area contributed by atoms with Gasteiger partial charge in [0.1, 0.15) is 5.75 Å². The molecule has 0 spiro atoms. The van der Waals surface area contributed by atoms with Gasteiger partial charge in [-0.3, -0.25) is 0 Å². The number of hydrogen-bond donors (Lipinski definition) is 1. The van der Waals surface area contributed by atoms with Crippen LogP contribution in [0.15, 0.2) is 96.6 Å². The summed E-state index contributed by atoms with van der Waals surface area (Å²) in [5.74, 6) is -1.96. The van der Waals surface area contributed by atoms with Crippen LogP contribution in [-0.2, 0) is 15.3 Å². The first-order chi connectivity index (χ1) is 14.1. The molecule has 1 heterocycles. The van der Waals surface area contributed by atoms with Gasteiger partial charge in [0.25, 0.3) is 5.79 Å². The van der Waals surface area contributed by atoms with Gasteiger partial charge in [-0.1, -0.05) is 84.9 Å². The highest BCUT2D eigenvalue weighted by atomic mass is 16.7. The summed E-state index contributed by atoms with van der Waals surface area (Å²) >= 11 is 0. The van der Waals surface area contributed by atoms with E-state index in [0.29, 0.717) is 22.4 Å². The number of methoxy groups -OCH3 is 1. The number of carbonyl (C=O) groups is 1. The maximum Gasteiger partial charge on any atom is 0.341 e. The van der Waals surface area contributed by atoms with Gasteiger partial charge in [-0.2, -0.15) is 0 Å². The minimum Gasteiger partial charge on any atom is -0.496 e. The lowest BCUT2D eigenvalue weighted by molar-refractivity contribution is -0.179. The molecule has 29 heavy (non-hydrogen) atoms. The van der Waals surface area contributed by atoms with Crippen LogP contribution in [0.25, 0.3) is 11.6 Å². The van der Waals surface area contributed by atoms with Crippen LogP contribution in [0.1, 0.15) is 16.7 Å². The lowest BCUT2D eigenvalue weighted by Crippen LogP contribution is -2.28. The summed E-state index contributed by atoms with van der Waals surface area (Å²) in [6, 6.07) is 25.8. The molecule has 144 valence electrons. The Hall–Kier alpha value is -3.63. The molecule has 0 aromatic heterocycles. The van der Waals surface area contributed by atoms with Gasteiger partial charge in [0.15, 0.2) is 0 Å². The standard InChI is InChI=1S/C25H20O4/c1-28-22-15-9-8-14-20(22)23-21(17-16-18-10-4-2-5-11-18)24(26)29-25(23,27)19-12-6-3-7-13-19/h2-17,27H,1H3/b17-16+. The molecule has 4 heteroatoms. The molecule has 1 aliphatic rings. The Bertz CT molecular complexity index is 1080. The van der Waals surface area contributed by atoms with Crippen molar-refractivity contribution >= 4 is 17.6 Å². The van der Waals surface area contributed by atoms with E-state index >= 15 is 0 Å². The van der Waals surface area contributed by atoms with Gasteiger partial charge < -0.3 is 14.6 Å². The Morgan fingerprint density at radius 3 is 2.17 bits per heavy atom. The predicted octanol–water partition coefficient (Wildman–Crippen LogP) is 4.56. The molecule has 0 saturated heterocycles. The number of esters is 1. The van der Waals surface area contributed by atoms with Crippen molar-refractivity contribution in [2.45, 2.75) is 5.79 Å². The van der Waals surface area contributed by atoms with E-state index in [1.165, 1.54) is 0 Å². The van der Waals surface area contributed by atoms with E-state index in [1.807, 2.05) is 54.6 Å². The first-order valence-electron chi connectivity index (χ1n) is 9.26. The highest BCUT2D eigenvalue weighted by molar-refractivity contribution is 6.07. The van der Waals surface area contributed by atoms with E-state index in [0.717, 1.165) is 5.56 Å². The second kappa shape index (κ2) is 7.78. The Labute approximate surface area is 169 Å². The van der Waals surface area contributed by atoms with Crippen molar-refractivity contribution in [1.82, 2.24) is 0 Å². The second-order valence-electron chi connectivity index (χ2n) is 6.63. The van der Waals surface area contributed by atoms with E-state index in [9.17, 15) is 9.90 Å². The largest absolute Gasteiger partial charge is 0.496 e. The third-order valence-electron chi connectivity index (χ3n) is 4.85. The number of aliphatic hydroxyl groups is 1. The SMILES string of the molecule is COc1ccccc1C1=C(/C=C/c2ccccc2)C(=O)OC1(O)c1ccccc1. The average Bonchev–Trinajstić information content (AvgIpc) is 3.04. The predicted molar refractivity (Wildman–Crippen MR) is 112 cm³/mol. The highest BCUT2D eigenvalue weighted by Gasteiger charge is 2.48. The first-order valence-corrected chi connectivity index (χ1v) is 9.26. The molecule has 0 radical (unpaired) electrons. The minimum absolute atomic E-state index is 0.282. The zero-order valence-electron chi connectivity index (χ0n) is 15.9. The fraction of sp³-hybridized carbons (Fsp3) is 0.0800. The zero-order chi connectivity index (χ0) is 20.3. The summed E-state index contributed by atoms with van der Waals surface area (Å²) in [4.78, 5) is 12.8.